The van der Waals surface area contributed by atoms with Crippen molar-refractivity contribution in [1.29, 1.82) is 0 Å². The summed E-state index contributed by atoms with van der Waals surface area (Å²) in [6.07, 6.45) is 9.88. The first kappa shape index (κ1) is 41.8. The zero-order valence-electron chi connectivity index (χ0n) is 32.5. The lowest BCUT2D eigenvalue weighted by Gasteiger charge is -2.35. The maximum absolute atomic E-state index is 14.5. The number of H-pyrrole nitrogens is 1. The Labute approximate surface area is 315 Å². The molecule has 294 valence electrons. The predicted molar refractivity (Wildman–Crippen MR) is 203 cm³/mol. The molecule has 2 fully saturated rings. The molecule has 0 bridgehead atoms. The Morgan fingerprint density at radius 1 is 0.981 bits per heavy atom. The van der Waals surface area contributed by atoms with E-state index in [2.05, 4.69) is 29.1 Å². The van der Waals surface area contributed by atoms with Crippen molar-refractivity contribution >= 4 is 23.8 Å². The molecule has 1 aliphatic heterocycles. The lowest BCUT2D eigenvalue weighted by atomic mass is 9.83. The van der Waals surface area contributed by atoms with Crippen molar-refractivity contribution in [2.24, 2.45) is 11.8 Å². The Morgan fingerprint density at radius 3 is 2.36 bits per heavy atom. The number of nitrogens with zero attached hydrogens (tertiary/aromatic N) is 5. The second kappa shape index (κ2) is 21.1. The van der Waals surface area contributed by atoms with Crippen LogP contribution in [0.2, 0.25) is 0 Å². The quantitative estimate of drug-likeness (QED) is 0.190. The van der Waals surface area contributed by atoms with Gasteiger partial charge in [0, 0.05) is 45.6 Å². The number of aliphatic hydroxyl groups excluding tert-OH is 1. The highest BCUT2D eigenvalue weighted by Gasteiger charge is 2.39. The number of hydrogen-bond donors (Lipinski definition) is 3. The molecule has 4 rings (SSSR count). The molecule has 53 heavy (non-hydrogen) atoms. The highest BCUT2D eigenvalue weighted by molar-refractivity contribution is 5.91. The van der Waals surface area contributed by atoms with Crippen molar-refractivity contribution < 1.29 is 29.0 Å². The lowest BCUT2D eigenvalue weighted by molar-refractivity contribution is -0.149. The Bertz CT molecular complexity index is 1420. The number of amides is 4. The highest BCUT2D eigenvalue weighted by Crippen LogP contribution is 2.29. The molecule has 13 heteroatoms. The first-order valence-electron chi connectivity index (χ1n) is 19.6. The van der Waals surface area contributed by atoms with Crippen LogP contribution in [0.5, 0.6) is 0 Å². The van der Waals surface area contributed by atoms with Crippen molar-refractivity contribution in [3.05, 3.63) is 54.1 Å². The van der Waals surface area contributed by atoms with Gasteiger partial charge in [0.2, 0.25) is 11.8 Å². The minimum Gasteiger partial charge on any atom is -0.434 e. The molecule has 2 aliphatic rings. The third-order valence-corrected chi connectivity index (χ3v) is 10.5. The Morgan fingerprint density at radius 2 is 1.70 bits per heavy atom. The van der Waals surface area contributed by atoms with E-state index in [4.69, 9.17) is 4.74 Å². The maximum Gasteiger partial charge on any atom is 0.429 e. The van der Waals surface area contributed by atoms with E-state index in [0.29, 0.717) is 56.3 Å². The number of rotatable bonds is 19. The van der Waals surface area contributed by atoms with Crippen LogP contribution >= 0.6 is 0 Å². The summed E-state index contributed by atoms with van der Waals surface area (Å²) in [6.45, 7) is 5.67. The van der Waals surface area contributed by atoms with Gasteiger partial charge in [0.25, 0.3) is 5.91 Å². The standard InChI is InChI=1S/C40H63N7O6/c1-29(2)19-20-35(48)33(24-30-14-8-6-9-15-30)43-38(50)34(26-32-27-41-28-42-32)45(5)39(51)36(25-31-16-10-7-11-17-31)53-40(52)47-23-13-22-46(47)37(49)18-12-21-44(3)4/h7,10-11,16-17,27-30,33-36,48H,6,8-9,12-15,18-26H2,1-5H3,(H,41,42)(H,43,50)/t33?,34-,35?,36?/m0/s1. The van der Waals surface area contributed by atoms with Crippen LogP contribution in [-0.4, -0.2) is 124 Å². The number of nitrogens with one attached hydrogen (secondary N) is 2. The summed E-state index contributed by atoms with van der Waals surface area (Å²) in [6, 6.07) is 7.80. The van der Waals surface area contributed by atoms with Gasteiger partial charge < -0.3 is 29.9 Å². The van der Waals surface area contributed by atoms with E-state index >= 15 is 0 Å². The molecule has 2 heterocycles. The molecule has 1 aromatic heterocycles. The Hall–Kier alpha value is -3.97. The zero-order valence-corrected chi connectivity index (χ0v) is 32.5. The van der Waals surface area contributed by atoms with E-state index in [-0.39, 0.29) is 25.2 Å². The number of aromatic amines is 1. The Balaban J connectivity index is 1.56. The number of ether oxygens (including phenoxy) is 1. The van der Waals surface area contributed by atoms with Crippen molar-refractivity contribution in [2.75, 3.05) is 40.8 Å². The number of benzene rings is 1. The number of carbonyl (C=O) groups is 4. The predicted octanol–water partition coefficient (Wildman–Crippen LogP) is 4.57. The highest BCUT2D eigenvalue weighted by atomic mass is 16.6. The van der Waals surface area contributed by atoms with E-state index in [1.807, 2.05) is 49.3 Å². The topological polar surface area (TPSA) is 151 Å². The van der Waals surface area contributed by atoms with Gasteiger partial charge in [-0.1, -0.05) is 76.3 Å². The molecule has 1 aromatic carbocycles. The summed E-state index contributed by atoms with van der Waals surface area (Å²) in [5, 5.41) is 17.3. The van der Waals surface area contributed by atoms with Crippen LogP contribution in [0.15, 0.2) is 42.9 Å². The van der Waals surface area contributed by atoms with Crippen molar-refractivity contribution in [3.8, 4) is 0 Å². The van der Waals surface area contributed by atoms with E-state index in [0.717, 1.165) is 44.2 Å². The largest absolute Gasteiger partial charge is 0.434 e. The molecule has 0 spiro atoms. The minimum absolute atomic E-state index is 0.0787. The average molecular weight is 738 g/mol. The second-order valence-corrected chi connectivity index (χ2v) is 15.6. The van der Waals surface area contributed by atoms with Gasteiger partial charge in [-0.3, -0.25) is 14.4 Å². The molecule has 3 N–H and O–H groups in total. The molecule has 1 saturated heterocycles. The summed E-state index contributed by atoms with van der Waals surface area (Å²) < 4.78 is 5.98. The van der Waals surface area contributed by atoms with E-state index in [1.165, 1.54) is 27.7 Å². The molecule has 3 unspecified atom stereocenters. The third-order valence-electron chi connectivity index (χ3n) is 10.5. The van der Waals surface area contributed by atoms with Gasteiger partial charge in [-0.05, 0) is 70.1 Å². The molecule has 0 radical (unpaired) electrons. The normalized spacial score (nSPS) is 17.4. The zero-order chi connectivity index (χ0) is 38.3. The van der Waals surface area contributed by atoms with E-state index < -0.39 is 42.2 Å². The second-order valence-electron chi connectivity index (χ2n) is 15.6. The third kappa shape index (κ3) is 13.1. The van der Waals surface area contributed by atoms with Crippen LogP contribution < -0.4 is 5.32 Å². The maximum atomic E-state index is 14.5. The van der Waals surface area contributed by atoms with Gasteiger partial charge >= 0.3 is 6.09 Å². The summed E-state index contributed by atoms with van der Waals surface area (Å²) in [7, 11) is 5.44. The van der Waals surface area contributed by atoms with Crippen LogP contribution in [0.1, 0.15) is 95.7 Å². The van der Waals surface area contributed by atoms with Gasteiger partial charge in [-0.25, -0.2) is 19.8 Å². The fraction of sp³-hybridized carbons (Fsp3) is 0.675. The van der Waals surface area contributed by atoms with Crippen molar-refractivity contribution in [1.82, 2.24) is 35.1 Å². The number of carbonyl (C=O) groups excluding carboxylic acids is 4. The number of hydrogen-bond acceptors (Lipinski definition) is 8. The summed E-state index contributed by atoms with van der Waals surface area (Å²) >= 11 is 0. The van der Waals surface area contributed by atoms with Gasteiger partial charge in [0.05, 0.1) is 24.2 Å². The van der Waals surface area contributed by atoms with Crippen LogP contribution in [0.25, 0.3) is 0 Å². The van der Waals surface area contributed by atoms with Gasteiger partial charge in [0.15, 0.2) is 6.10 Å². The van der Waals surface area contributed by atoms with Crippen LogP contribution in [-0.2, 0) is 32.0 Å². The monoisotopic (exact) mass is 737 g/mol. The molecule has 2 aromatic rings. The molecular formula is C40H63N7O6. The van der Waals surface area contributed by atoms with E-state index in [1.54, 1.807) is 13.2 Å². The van der Waals surface area contributed by atoms with Crippen LogP contribution in [0.4, 0.5) is 4.79 Å². The molecular weight excluding hydrogens is 674 g/mol. The fourth-order valence-corrected chi connectivity index (χ4v) is 7.39. The van der Waals surface area contributed by atoms with Crippen LogP contribution in [0, 0.1) is 11.8 Å². The van der Waals surface area contributed by atoms with Crippen molar-refractivity contribution in [3.63, 3.8) is 0 Å². The number of hydrazine groups is 1. The minimum atomic E-state index is -1.27. The molecule has 1 aliphatic carbocycles. The first-order valence-corrected chi connectivity index (χ1v) is 19.6. The van der Waals surface area contributed by atoms with E-state index in [9.17, 15) is 24.3 Å². The smallest absolute Gasteiger partial charge is 0.429 e. The summed E-state index contributed by atoms with van der Waals surface area (Å²) in [4.78, 5) is 66.4. The van der Waals surface area contributed by atoms with Crippen LogP contribution in [0.3, 0.4) is 0 Å². The van der Waals surface area contributed by atoms with Gasteiger partial charge in [-0.15, -0.1) is 0 Å². The number of likely N-dealkylation sites (N-methyl/N-ethyl adjacent to an activating group) is 1. The number of aromatic nitrogens is 2. The number of aliphatic hydroxyl groups is 1. The fourth-order valence-electron chi connectivity index (χ4n) is 7.39. The number of imidazole rings is 1. The summed E-state index contributed by atoms with van der Waals surface area (Å²) in [5.74, 6) is -0.299. The lowest BCUT2D eigenvalue weighted by Crippen LogP contribution is -2.56. The first-order chi connectivity index (χ1) is 25.4. The summed E-state index contributed by atoms with van der Waals surface area (Å²) in [5.41, 5.74) is 1.37. The average Bonchev–Trinajstić information content (AvgIpc) is 3.85. The molecule has 1 saturated carbocycles. The molecule has 13 nitrogen and oxygen atoms in total. The molecule has 4 amide bonds. The molecule has 4 atom stereocenters. The van der Waals surface area contributed by atoms with Crippen molar-refractivity contribution in [2.45, 2.75) is 122 Å². The Kier molecular flexibility index (Phi) is 16.6. The van der Waals surface area contributed by atoms with Gasteiger partial charge in [0.1, 0.15) is 6.04 Å². The van der Waals surface area contributed by atoms with Gasteiger partial charge in [-0.2, -0.15) is 0 Å². The SMILES string of the molecule is CC(C)CCC(O)C(CC1CCCCC1)NC(=O)[C@H](Cc1c[nH]cn1)N(C)C(=O)C(Cc1ccccc1)OC(=O)N1CCCN1C(=O)CCCN(C)C.